The molecule has 6 nitrogen and oxygen atoms in total. The van der Waals surface area contributed by atoms with E-state index in [-0.39, 0.29) is 17.5 Å². The molecule has 1 rings (SSSR count). The lowest BCUT2D eigenvalue weighted by atomic mass is 9.99. The molecule has 0 aliphatic carbocycles. The zero-order valence-corrected chi connectivity index (χ0v) is 12.1. The van der Waals surface area contributed by atoms with Crippen LogP contribution in [-0.2, 0) is 11.2 Å². The smallest absolute Gasteiger partial charge is 0.274 e. The molecule has 0 radical (unpaired) electrons. The summed E-state index contributed by atoms with van der Waals surface area (Å²) in [5.74, 6) is -0.266. The van der Waals surface area contributed by atoms with Gasteiger partial charge in [0, 0.05) is 17.3 Å². The lowest BCUT2D eigenvalue weighted by Crippen LogP contribution is -2.40. The van der Waals surface area contributed by atoms with Crippen molar-refractivity contribution in [3.05, 3.63) is 33.9 Å². The first-order valence-electron chi connectivity index (χ1n) is 6.74. The van der Waals surface area contributed by atoms with Gasteiger partial charge >= 0.3 is 0 Å². The van der Waals surface area contributed by atoms with Crippen molar-refractivity contribution in [1.82, 2.24) is 0 Å². The highest BCUT2D eigenvalue weighted by Gasteiger charge is 2.20. The molecular weight excluding hydrogens is 258 g/mol. The molecule has 1 aromatic carbocycles. The van der Waals surface area contributed by atoms with Crippen LogP contribution in [0, 0.1) is 16.0 Å². The van der Waals surface area contributed by atoms with Crippen LogP contribution in [0.1, 0.15) is 32.8 Å². The van der Waals surface area contributed by atoms with Crippen molar-refractivity contribution in [2.75, 3.05) is 5.32 Å². The number of aryl methyl sites for hydroxylation is 1. The number of benzene rings is 1. The van der Waals surface area contributed by atoms with Gasteiger partial charge in [-0.1, -0.05) is 33.3 Å². The summed E-state index contributed by atoms with van der Waals surface area (Å²) in [4.78, 5) is 22.5. The second-order valence-corrected chi connectivity index (χ2v) is 4.85. The van der Waals surface area contributed by atoms with Gasteiger partial charge in [-0.2, -0.15) is 0 Å². The topological polar surface area (TPSA) is 98.3 Å². The Morgan fingerprint density at radius 2 is 2.10 bits per heavy atom. The molecule has 0 saturated heterocycles. The Bertz CT molecular complexity index is 502. The first-order chi connectivity index (χ1) is 9.40. The Labute approximate surface area is 118 Å². The number of hydrogen-bond donors (Lipinski definition) is 2. The zero-order valence-electron chi connectivity index (χ0n) is 12.1. The number of nitro groups is 1. The fourth-order valence-electron chi connectivity index (χ4n) is 1.85. The molecule has 1 amide bonds. The number of amides is 1. The van der Waals surface area contributed by atoms with Crippen molar-refractivity contribution in [2.45, 2.75) is 39.7 Å². The summed E-state index contributed by atoms with van der Waals surface area (Å²) in [6.07, 6.45) is 1.36. The van der Waals surface area contributed by atoms with E-state index >= 15 is 0 Å². The number of carbonyl (C=O) groups excluding carboxylic acids is 1. The summed E-state index contributed by atoms with van der Waals surface area (Å²) in [6.45, 7) is 5.70. The zero-order chi connectivity index (χ0) is 15.3. The largest absolute Gasteiger partial charge is 0.324 e. The minimum absolute atomic E-state index is 0.0161. The third-order valence-corrected chi connectivity index (χ3v) is 3.49. The van der Waals surface area contributed by atoms with E-state index in [4.69, 9.17) is 5.73 Å². The number of carbonyl (C=O) groups is 1. The van der Waals surface area contributed by atoms with Gasteiger partial charge in [0.25, 0.3) is 5.69 Å². The summed E-state index contributed by atoms with van der Waals surface area (Å²) in [5, 5.41) is 13.6. The van der Waals surface area contributed by atoms with Crippen molar-refractivity contribution in [1.29, 1.82) is 0 Å². The van der Waals surface area contributed by atoms with E-state index < -0.39 is 11.0 Å². The van der Waals surface area contributed by atoms with Crippen LogP contribution in [0.2, 0.25) is 0 Å². The molecule has 2 unspecified atom stereocenters. The average molecular weight is 279 g/mol. The molecule has 20 heavy (non-hydrogen) atoms. The normalized spacial score (nSPS) is 13.6. The van der Waals surface area contributed by atoms with Crippen LogP contribution in [0.3, 0.4) is 0 Å². The Balaban J connectivity index is 2.91. The van der Waals surface area contributed by atoms with Gasteiger partial charge in [-0.3, -0.25) is 14.9 Å². The summed E-state index contributed by atoms with van der Waals surface area (Å²) in [5.41, 5.74) is 6.88. The van der Waals surface area contributed by atoms with E-state index in [1.807, 2.05) is 20.8 Å². The van der Waals surface area contributed by atoms with E-state index in [1.54, 1.807) is 12.1 Å². The van der Waals surface area contributed by atoms with Gasteiger partial charge in [-0.05, 0) is 18.4 Å². The van der Waals surface area contributed by atoms with E-state index in [1.165, 1.54) is 6.07 Å². The molecule has 1 aromatic rings. The Kier molecular flexibility index (Phi) is 5.64. The fourth-order valence-corrected chi connectivity index (χ4v) is 1.85. The van der Waals surface area contributed by atoms with Gasteiger partial charge in [0.2, 0.25) is 5.91 Å². The maximum Gasteiger partial charge on any atom is 0.274 e. The van der Waals surface area contributed by atoms with Crippen LogP contribution in [0.4, 0.5) is 11.4 Å². The Hall–Kier alpha value is -1.95. The van der Waals surface area contributed by atoms with Crippen LogP contribution in [0.5, 0.6) is 0 Å². The quantitative estimate of drug-likeness (QED) is 0.617. The maximum absolute atomic E-state index is 11.9. The fraction of sp³-hybridized carbons (Fsp3) is 0.500. The highest BCUT2D eigenvalue weighted by Crippen LogP contribution is 2.24. The minimum atomic E-state index is -0.620. The number of nitrogens with zero attached hydrogens (tertiary/aromatic N) is 1. The molecule has 0 aromatic heterocycles. The molecule has 0 aliphatic rings. The standard InChI is InChI=1S/C14H21N3O3/c1-4-9(3)13(15)14(18)16-11-7-6-10(5-2)12(8-11)17(19)20/h6-9,13H,4-5,15H2,1-3H3,(H,16,18). The lowest BCUT2D eigenvalue weighted by Gasteiger charge is -2.17. The van der Waals surface area contributed by atoms with Crippen LogP contribution >= 0.6 is 0 Å². The molecule has 2 atom stereocenters. The molecule has 0 fully saturated rings. The van der Waals surface area contributed by atoms with Gasteiger partial charge in [-0.15, -0.1) is 0 Å². The predicted molar refractivity (Wildman–Crippen MR) is 78.5 cm³/mol. The molecule has 6 heteroatoms. The van der Waals surface area contributed by atoms with Crippen LogP contribution in [0.25, 0.3) is 0 Å². The summed E-state index contributed by atoms with van der Waals surface area (Å²) in [6, 6.07) is 4.07. The number of anilines is 1. The molecule has 0 aliphatic heterocycles. The minimum Gasteiger partial charge on any atom is -0.324 e. The molecule has 0 spiro atoms. The first kappa shape index (κ1) is 16.1. The van der Waals surface area contributed by atoms with Crippen LogP contribution in [-0.4, -0.2) is 16.9 Å². The van der Waals surface area contributed by atoms with Crippen molar-refractivity contribution in [2.24, 2.45) is 11.7 Å². The predicted octanol–water partition coefficient (Wildman–Crippen LogP) is 2.47. The highest BCUT2D eigenvalue weighted by molar-refractivity contribution is 5.95. The molecule has 0 bridgehead atoms. The molecule has 110 valence electrons. The van der Waals surface area contributed by atoms with Crippen molar-refractivity contribution in [3.8, 4) is 0 Å². The number of nitrogens with two attached hydrogens (primary N) is 1. The summed E-state index contributed by atoms with van der Waals surface area (Å²) < 4.78 is 0. The number of rotatable bonds is 6. The number of nitrogens with one attached hydrogen (secondary N) is 1. The molecule has 3 N–H and O–H groups in total. The van der Waals surface area contributed by atoms with E-state index in [0.29, 0.717) is 17.7 Å². The third-order valence-electron chi connectivity index (χ3n) is 3.49. The number of nitro benzene ring substituents is 1. The monoisotopic (exact) mass is 279 g/mol. The van der Waals surface area contributed by atoms with E-state index in [0.717, 1.165) is 6.42 Å². The summed E-state index contributed by atoms with van der Waals surface area (Å²) >= 11 is 0. The Morgan fingerprint density at radius 1 is 1.45 bits per heavy atom. The lowest BCUT2D eigenvalue weighted by molar-refractivity contribution is -0.385. The van der Waals surface area contributed by atoms with Crippen LogP contribution < -0.4 is 11.1 Å². The van der Waals surface area contributed by atoms with Gasteiger partial charge in [-0.25, -0.2) is 0 Å². The molecule has 0 heterocycles. The van der Waals surface area contributed by atoms with Gasteiger partial charge < -0.3 is 11.1 Å². The van der Waals surface area contributed by atoms with Gasteiger partial charge in [0.1, 0.15) is 0 Å². The molecular formula is C14H21N3O3. The van der Waals surface area contributed by atoms with Crippen molar-refractivity contribution >= 4 is 17.3 Å². The summed E-state index contributed by atoms with van der Waals surface area (Å²) in [7, 11) is 0. The second-order valence-electron chi connectivity index (χ2n) is 4.85. The van der Waals surface area contributed by atoms with Gasteiger partial charge in [0.05, 0.1) is 11.0 Å². The van der Waals surface area contributed by atoms with Crippen LogP contribution in [0.15, 0.2) is 18.2 Å². The SMILES string of the molecule is CCc1ccc(NC(=O)C(N)C(C)CC)cc1[N+](=O)[O-]. The molecule has 0 saturated carbocycles. The second kappa shape index (κ2) is 7.00. The van der Waals surface area contributed by atoms with Crippen molar-refractivity contribution < 1.29 is 9.72 Å². The van der Waals surface area contributed by atoms with E-state index in [2.05, 4.69) is 5.32 Å². The average Bonchev–Trinajstić information content (AvgIpc) is 2.45. The van der Waals surface area contributed by atoms with E-state index in [9.17, 15) is 14.9 Å². The van der Waals surface area contributed by atoms with Crippen molar-refractivity contribution in [3.63, 3.8) is 0 Å². The maximum atomic E-state index is 11.9. The Morgan fingerprint density at radius 3 is 2.60 bits per heavy atom. The number of hydrogen-bond acceptors (Lipinski definition) is 4. The van der Waals surface area contributed by atoms with Gasteiger partial charge in [0.15, 0.2) is 0 Å². The highest BCUT2D eigenvalue weighted by atomic mass is 16.6. The third kappa shape index (κ3) is 3.77. The first-order valence-corrected chi connectivity index (χ1v) is 6.74.